The predicted molar refractivity (Wildman–Crippen MR) is 114 cm³/mol. The molecule has 1 aromatic heterocycles. The van der Waals surface area contributed by atoms with Crippen LogP contribution in [0.1, 0.15) is 43.0 Å². The Morgan fingerprint density at radius 2 is 2.07 bits per heavy atom. The van der Waals surface area contributed by atoms with Crippen LogP contribution in [-0.4, -0.2) is 28.9 Å². The van der Waals surface area contributed by atoms with E-state index < -0.39 is 11.9 Å². The fourth-order valence-corrected chi connectivity index (χ4v) is 4.00. The summed E-state index contributed by atoms with van der Waals surface area (Å²) < 4.78 is 12.4. The molecule has 8 heteroatoms. The van der Waals surface area contributed by atoms with Gasteiger partial charge in [-0.15, -0.1) is 0 Å². The number of rotatable bonds is 7. The minimum atomic E-state index is -0.852. The lowest BCUT2D eigenvalue weighted by molar-refractivity contribution is -0.139. The Balaban J connectivity index is 2.33. The highest BCUT2D eigenvalue weighted by molar-refractivity contribution is 6.31. The average molecular weight is 433 g/mol. The molecular formula is C22H25ClN2O5. The smallest absolute Gasteiger partial charge is 0.340 e. The molecule has 0 bridgehead atoms. The topological polar surface area (TPSA) is 104 Å². The molecule has 1 aliphatic rings. The molecular weight excluding hydrogens is 408 g/mol. The molecule has 3 rings (SSSR count). The number of hydrogen-bond donors (Lipinski definition) is 2. The normalized spacial score (nSPS) is 15.5. The van der Waals surface area contributed by atoms with Gasteiger partial charge >= 0.3 is 5.97 Å². The van der Waals surface area contributed by atoms with E-state index in [0.29, 0.717) is 17.0 Å². The molecule has 160 valence electrons. The minimum absolute atomic E-state index is 0.0355. The molecule has 0 aliphatic carbocycles. The van der Waals surface area contributed by atoms with Gasteiger partial charge in [-0.2, -0.15) is 0 Å². The third-order valence-electron chi connectivity index (χ3n) is 4.99. The van der Waals surface area contributed by atoms with E-state index in [0.717, 1.165) is 12.1 Å². The highest BCUT2D eigenvalue weighted by Gasteiger charge is 2.39. The monoisotopic (exact) mass is 432 g/mol. The quantitative estimate of drug-likeness (QED) is 0.652. The van der Waals surface area contributed by atoms with Gasteiger partial charge in [0.15, 0.2) is 0 Å². The second-order valence-corrected chi connectivity index (χ2v) is 7.31. The van der Waals surface area contributed by atoms with E-state index in [-0.39, 0.29) is 48.1 Å². The third-order valence-corrected chi connectivity index (χ3v) is 5.33. The number of carbonyl (C=O) groups excluding carboxylic acids is 1. The molecule has 0 saturated heterocycles. The SMILES string of the molecule is CCCc1cc2c(c(=O)n1CCO)C(c1ccccc1Cl)C(C(=O)OCC)=C(N)O2. The van der Waals surface area contributed by atoms with Crippen LogP contribution in [-0.2, 0) is 22.5 Å². The molecule has 7 nitrogen and oxygen atoms in total. The number of pyridine rings is 1. The number of nitrogens with two attached hydrogens (primary N) is 1. The van der Waals surface area contributed by atoms with Crippen LogP contribution in [0.5, 0.6) is 5.75 Å². The van der Waals surface area contributed by atoms with E-state index >= 15 is 0 Å². The zero-order chi connectivity index (χ0) is 21.8. The van der Waals surface area contributed by atoms with Gasteiger partial charge in [0.25, 0.3) is 5.56 Å². The van der Waals surface area contributed by atoms with Crippen molar-refractivity contribution in [2.45, 2.75) is 39.2 Å². The maximum Gasteiger partial charge on any atom is 0.340 e. The zero-order valence-corrected chi connectivity index (χ0v) is 17.7. The molecule has 1 aromatic carbocycles. The van der Waals surface area contributed by atoms with Crippen molar-refractivity contribution in [2.75, 3.05) is 13.2 Å². The van der Waals surface area contributed by atoms with Crippen molar-refractivity contribution in [1.29, 1.82) is 0 Å². The van der Waals surface area contributed by atoms with Crippen LogP contribution in [0.15, 0.2) is 46.6 Å². The van der Waals surface area contributed by atoms with E-state index in [9.17, 15) is 14.7 Å². The Labute approximate surface area is 179 Å². The summed E-state index contributed by atoms with van der Waals surface area (Å²) in [7, 11) is 0. The maximum atomic E-state index is 13.5. The third kappa shape index (κ3) is 3.95. The largest absolute Gasteiger partial charge is 0.462 e. The Morgan fingerprint density at radius 3 is 2.70 bits per heavy atom. The summed E-state index contributed by atoms with van der Waals surface area (Å²) in [6, 6.07) is 8.70. The molecule has 1 unspecified atom stereocenters. The summed E-state index contributed by atoms with van der Waals surface area (Å²) in [5, 5.41) is 9.89. The maximum absolute atomic E-state index is 13.5. The summed E-state index contributed by atoms with van der Waals surface area (Å²) in [6.45, 7) is 3.75. The van der Waals surface area contributed by atoms with Crippen LogP contribution in [0.2, 0.25) is 5.02 Å². The van der Waals surface area contributed by atoms with Crippen molar-refractivity contribution >= 4 is 17.6 Å². The summed E-state index contributed by atoms with van der Waals surface area (Å²) in [5.74, 6) is -1.35. The number of nitrogens with zero attached hydrogens (tertiary/aromatic N) is 1. The van der Waals surface area contributed by atoms with Crippen molar-refractivity contribution in [2.24, 2.45) is 5.73 Å². The molecule has 1 atom stereocenters. The Bertz CT molecular complexity index is 1040. The van der Waals surface area contributed by atoms with E-state index in [2.05, 4.69) is 0 Å². The lowest BCUT2D eigenvalue weighted by Gasteiger charge is -2.29. The first-order valence-corrected chi connectivity index (χ1v) is 10.3. The highest BCUT2D eigenvalue weighted by Crippen LogP contribution is 2.43. The van der Waals surface area contributed by atoms with Crippen molar-refractivity contribution in [3.05, 3.63) is 74.0 Å². The molecule has 1 aliphatic heterocycles. The van der Waals surface area contributed by atoms with Crippen LogP contribution in [0.25, 0.3) is 0 Å². The van der Waals surface area contributed by atoms with Gasteiger partial charge in [-0.1, -0.05) is 43.1 Å². The van der Waals surface area contributed by atoms with Gasteiger partial charge in [0.2, 0.25) is 5.88 Å². The Morgan fingerprint density at radius 1 is 1.33 bits per heavy atom. The fourth-order valence-electron chi connectivity index (χ4n) is 3.75. The van der Waals surface area contributed by atoms with Gasteiger partial charge in [-0.25, -0.2) is 4.79 Å². The Kier molecular flexibility index (Phi) is 6.84. The molecule has 0 saturated carbocycles. The summed E-state index contributed by atoms with van der Waals surface area (Å²) in [6.07, 6.45) is 1.42. The highest BCUT2D eigenvalue weighted by atomic mass is 35.5. The first-order valence-electron chi connectivity index (χ1n) is 9.91. The number of esters is 1. The first kappa shape index (κ1) is 21.9. The number of aromatic nitrogens is 1. The van der Waals surface area contributed by atoms with Gasteiger partial charge in [-0.3, -0.25) is 4.79 Å². The lowest BCUT2D eigenvalue weighted by Crippen LogP contribution is -2.36. The molecule has 0 amide bonds. The first-order chi connectivity index (χ1) is 14.4. The van der Waals surface area contributed by atoms with Crippen LogP contribution in [0.4, 0.5) is 0 Å². The predicted octanol–water partition coefficient (Wildman–Crippen LogP) is 2.70. The number of aliphatic hydroxyl groups is 1. The van der Waals surface area contributed by atoms with Crippen molar-refractivity contribution in [3.63, 3.8) is 0 Å². The lowest BCUT2D eigenvalue weighted by atomic mass is 9.83. The van der Waals surface area contributed by atoms with Crippen LogP contribution in [0.3, 0.4) is 0 Å². The molecule has 3 N–H and O–H groups in total. The van der Waals surface area contributed by atoms with Crippen molar-refractivity contribution in [1.82, 2.24) is 4.57 Å². The number of hydrogen-bond acceptors (Lipinski definition) is 6. The number of fused-ring (bicyclic) bond motifs is 1. The van der Waals surface area contributed by atoms with Crippen LogP contribution >= 0.6 is 11.6 Å². The number of carbonyl (C=O) groups is 1. The van der Waals surface area contributed by atoms with Gasteiger partial charge < -0.3 is 24.9 Å². The van der Waals surface area contributed by atoms with Gasteiger partial charge in [-0.05, 0) is 25.0 Å². The molecule has 0 spiro atoms. The molecule has 0 radical (unpaired) electrons. The van der Waals surface area contributed by atoms with E-state index in [1.165, 1.54) is 4.57 Å². The number of halogens is 1. The number of benzene rings is 1. The van der Waals surface area contributed by atoms with Gasteiger partial charge in [0.05, 0.1) is 24.7 Å². The molecule has 0 fully saturated rings. The van der Waals surface area contributed by atoms with E-state index in [1.807, 2.05) is 6.92 Å². The minimum Gasteiger partial charge on any atom is -0.462 e. The molecule has 2 aromatic rings. The molecule has 2 heterocycles. The average Bonchev–Trinajstić information content (AvgIpc) is 2.70. The number of aliphatic hydroxyl groups excluding tert-OH is 1. The summed E-state index contributed by atoms with van der Waals surface area (Å²) in [4.78, 5) is 26.3. The molecule has 30 heavy (non-hydrogen) atoms. The standard InChI is InChI=1S/C22H25ClN2O5/c1-3-7-13-12-16-18(21(27)25(13)10-11-26)17(14-8-5-6-9-15(14)23)19(20(24)30-16)22(28)29-4-2/h5-6,8-9,12,17,26H,3-4,7,10-11,24H2,1-2H3. The zero-order valence-electron chi connectivity index (χ0n) is 17.0. The van der Waals surface area contributed by atoms with Gasteiger partial charge in [0.1, 0.15) is 11.3 Å². The second kappa shape index (κ2) is 9.36. The van der Waals surface area contributed by atoms with Crippen LogP contribution in [0, 0.1) is 0 Å². The summed E-state index contributed by atoms with van der Waals surface area (Å²) >= 11 is 6.45. The van der Waals surface area contributed by atoms with E-state index in [1.54, 1.807) is 37.3 Å². The fraction of sp³-hybridized carbons (Fsp3) is 0.364. The summed E-state index contributed by atoms with van der Waals surface area (Å²) in [5.41, 5.74) is 7.33. The second-order valence-electron chi connectivity index (χ2n) is 6.90. The number of ether oxygens (including phenoxy) is 2. The van der Waals surface area contributed by atoms with Crippen molar-refractivity contribution in [3.8, 4) is 5.75 Å². The Hall–Kier alpha value is -2.77. The van der Waals surface area contributed by atoms with Crippen molar-refractivity contribution < 1.29 is 19.4 Å². The number of aryl methyl sites for hydroxylation is 1. The van der Waals surface area contributed by atoms with Gasteiger partial charge in [0, 0.05) is 23.3 Å². The van der Waals surface area contributed by atoms with E-state index in [4.69, 9.17) is 26.8 Å². The van der Waals surface area contributed by atoms with Crippen LogP contribution < -0.4 is 16.0 Å².